The van der Waals surface area contributed by atoms with Crippen molar-refractivity contribution in [2.24, 2.45) is 0 Å². The molecule has 2 aromatic carbocycles. The highest BCUT2D eigenvalue weighted by molar-refractivity contribution is 5.94. The predicted octanol–water partition coefficient (Wildman–Crippen LogP) is 3.97. The number of carbonyl (C=O) groups is 1. The molecule has 0 radical (unpaired) electrons. The molecule has 0 aliphatic carbocycles. The summed E-state index contributed by atoms with van der Waals surface area (Å²) in [5.41, 5.74) is -0.574. The highest BCUT2D eigenvalue weighted by Crippen LogP contribution is 2.30. The number of hydrogen-bond donors (Lipinski definition) is 1. The Hall–Kier alpha value is -3.36. The number of methoxy groups -OCH3 is 1. The maximum atomic E-state index is 13.7. The zero-order valence-corrected chi connectivity index (χ0v) is 14.6. The van der Waals surface area contributed by atoms with Gasteiger partial charge in [0, 0.05) is 12.1 Å². The topological polar surface area (TPSA) is 56.2 Å². The van der Waals surface area contributed by atoms with Crippen molar-refractivity contribution in [3.63, 3.8) is 0 Å². The summed E-state index contributed by atoms with van der Waals surface area (Å²) < 4.78 is 58.6. The number of hydrogen-bond acceptors (Lipinski definition) is 3. The zero-order chi connectivity index (χ0) is 20.3. The molecule has 1 amide bonds. The Morgan fingerprint density at radius 2 is 1.93 bits per heavy atom. The van der Waals surface area contributed by atoms with Crippen LogP contribution in [0.2, 0.25) is 0 Å². The lowest BCUT2D eigenvalue weighted by Crippen LogP contribution is -2.24. The number of ether oxygens (including phenoxy) is 1. The van der Waals surface area contributed by atoms with Crippen LogP contribution in [0.5, 0.6) is 5.75 Å². The largest absolute Gasteiger partial charge is 0.493 e. The second-order valence-electron chi connectivity index (χ2n) is 5.81. The van der Waals surface area contributed by atoms with Crippen LogP contribution < -0.4 is 10.1 Å². The summed E-state index contributed by atoms with van der Waals surface area (Å²) in [5, 5.41) is 6.54. The molecular weight excluding hydrogens is 378 g/mol. The van der Waals surface area contributed by atoms with Crippen LogP contribution in [-0.2, 0) is 12.7 Å². The van der Waals surface area contributed by atoms with E-state index in [4.69, 9.17) is 4.74 Å². The van der Waals surface area contributed by atoms with Crippen molar-refractivity contribution < 1.29 is 27.1 Å². The molecule has 146 valence electrons. The Balaban J connectivity index is 1.84. The maximum Gasteiger partial charge on any atom is 0.416 e. The molecule has 0 spiro atoms. The van der Waals surface area contributed by atoms with E-state index in [9.17, 15) is 22.4 Å². The number of amides is 1. The summed E-state index contributed by atoms with van der Waals surface area (Å²) in [4.78, 5) is 12.4. The number of halogens is 4. The van der Waals surface area contributed by atoms with Gasteiger partial charge in [0.25, 0.3) is 5.91 Å². The number of benzene rings is 2. The van der Waals surface area contributed by atoms with Gasteiger partial charge in [0.2, 0.25) is 0 Å². The number of aromatic nitrogens is 2. The van der Waals surface area contributed by atoms with Gasteiger partial charge in [0.15, 0.2) is 11.4 Å². The van der Waals surface area contributed by atoms with Gasteiger partial charge in [-0.1, -0.05) is 24.3 Å². The lowest BCUT2D eigenvalue weighted by Gasteiger charge is -2.08. The van der Waals surface area contributed by atoms with Crippen molar-refractivity contribution in [1.29, 1.82) is 0 Å². The van der Waals surface area contributed by atoms with Crippen LogP contribution in [0.15, 0.2) is 54.7 Å². The Morgan fingerprint density at radius 3 is 2.61 bits per heavy atom. The van der Waals surface area contributed by atoms with Gasteiger partial charge in [-0.2, -0.15) is 18.3 Å². The highest BCUT2D eigenvalue weighted by atomic mass is 19.4. The van der Waals surface area contributed by atoms with Crippen LogP contribution in [0.25, 0.3) is 5.69 Å². The average molecular weight is 393 g/mol. The van der Waals surface area contributed by atoms with Crippen LogP contribution in [0, 0.1) is 5.82 Å². The Kier molecular flexibility index (Phi) is 5.34. The Morgan fingerprint density at radius 1 is 1.18 bits per heavy atom. The van der Waals surface area contributed by atoms with Crippen LogP contribution in [0.4, 0.5) is 17.6 Å². The predicted molar refractivity (Wildman–Crippen MR) is 92.7 cm³/mol. The molecule has 3 aromatic rings. The van der Waals surface area contributed by atoms with E-state index >= 15 is 0 Å². The third kappa shape index (κ3) is 4.13. The van der Waals surface area contributed by atoms with E-state index in [-0.39, 0.29) is 29.2 Å². The summed E-state index contributed by atoms with van der Waals surface area (Å²) in [7, 11) is 1.31. The molecule has 0 aliphatic rings. The average Bonchev–Trinajstić information content (AvgIpc) is 3.11. The fourth-order valence-electron chi connectivity index (χ4n) is 2.52. The number of alkyl halides is 3. The van der Waals surface area contributed by atoms with Crippen molar-refractivity contribution in [3.8, 4) is 11.4 Å². The van der Waals surface area contributed by atoms with Crippen molar-refractivity contribution in [2.75, 3.05) is 7.11 Å². The first kappa shape index (κ1) is 19.4. The summed E-state index contributed by atoms with van der Waals surface area (Å²) in [6, 6.07) is 10.5. The van der Waals surface area contributed by atoms with Crippen molar-refractivity contribution in [3.05, 3.63) is 77.4 Å². The third-order valence-corrected chi connectivity index (χ3v) is 3.95. The van der Waals surface area contributed by atoms with E-state index in [1.54, 1.807) is 6.07 Å². The van der Waals surface area contributed by atoms with E-state index in [0.29, 0.717) is 0 Å². The summed E-state index contributed by atoms with van der Waals surface area (Å²) in [5.74, 6) is -1.04. The number of nitrogens with one attached hydrogen (secondary N) is 1. The fraction of sp³-hybridized carbons (Fsp3) is 0.158. The number of nitrogens with zero attached hydrogens (tertiary/aromatic N) is 2. The van der Waals surface area contributed by atoms with Crippen LogP contribution >= 0.6 is 0 Å². The minimum atomic E-state index is -4.51. The zero-order valence-electron chi connectivity index (χ0n) is 14.6. The van der Waals surface area contributed by atoms with Crippen LogP contribution in [0.3, 0.4) is 0 Å². The normalized spacial score (nSPS) is 11.3. The standard InChI is InChI=1S/C19H15F4N3O2/c1-28-16-11-26(14-7-4-6-13(9-14)19(21,22)23)25-17(16)18(27)24-10-12-5-2-3-8-15(12)20/h2-9,11H,10H2,1H3,(H,24,27). The molecule has 5 nitrogen and oxygen atoms in total. The van der Waals surface area contributed by atoms with Gasteiger partial charge >= 0.3 is 6.18 Å². The molecule has 0 atom stereocenters. The quantitative estimate of drug-likeness (QED) is 0.668. The molecule has 0 unspecified atom stereocenters. The first-order chi connectivity index (χ1) is 13.3. The van der Waals surface area contributed by atoms with E-state index in [0.717, 1.165) is 16.8 Å². The molecule has 0 saturated heterocycles. The van der Waals surface area contributed by atoms with E-state index in [2.05, 4.69) is 10.4 Å². The Labute approximate surface area is 157 Å². The lowest BCUT2D eigenvalue weighted by molar-refractivity contribution is -0.137. The molecule has 1 heterocycles. The molecule has 0 aliphatic heterocycles. The summed E-state index contributed by atoms with van der Waals surface area (Å²) >= 11 is 0. The van der Waals surface area contributed by atoms with Gasteiger partial charge in [0.1, 0.15) is 5.82 Å². The van der Waals surface area contributed by atoms with E-state index < -0.39 is 23.5 Å². The van der Waals surface area contributed by atoms with Gasteiger partial charge in [-0.25, -0.2) is 9.07 Å². The van der Waals surface area contributed by atoms with Gasteiger partial charge in [-0.3, -0.25) is 4.79 Å². The smallest absolute Gasteiger partial charge is 0.416 e. The highest BCUT2D eigenvalue weighted by Gasteiger charge is 2.30. The molecule has 3 rings (SSSR count). The molecule has 0 bridgehead atoms. The van der Waals surface area contributed by atoms with Gasteiger partial charge in [0.05, 0.1) is 24.6 Å². The second kappa shape index (κ2) is 7.71. The van der Waals surface area contributed by atoms with Crippen LogP contribution in [0.1, 0.15) is 21.6 Å². The fourth-order valence-corrected chi connectivity index (χ4v) is 2.52. The molecule has 9 heteroatoms. The summed E-state index contributed by atoms with van der Waals surface area (Å²) in [6.07, 6.45) is -3.21. The molecule has 0 fully saturated rings. The minimum absolute atomic E-state index is 0.0726. The first-order valence-corrected chi connectivity index (χ1v) is 8.12. The summed E-state index contributed by atoms with van der Waals surface area (Å²) in [6.45, 7) is -0.0783. The van der Waals surface area contributed by atoms with Crippen LogP contribution in [-0.4, -0.2) is 22.8 Å². The Bertz CT molecular complexity index is 999. The van der Waals surface area contributed by atoms with E-state index in [1.165, 1.54) is 43.6 Å². The molecule has 0 saturated carbocycles. The van der Waals surface area contributed by atoms with E-state index in [1.807, 2.05) is 0 Å². The maximum absolute atomic E-state index is 13.7. The molecule has 28 heavy (non-hydrogen) atoms. The van der Waals surface area contributed by atoms with Crippen molar-refractivity contribution in [1.82, 2.24) is 15.1 Å². The minimum Gasteiger partial charge on any atom is -0.493 e. The van der Waals surface area contributed by atoms with Gasteiger partial charge < -0.3 is 10.1 Å². The van der Waals surface area contributed by atoms with Crippen molar-refractivity contribution in [2.45, 2.75) is 12.7 Å². The number of carbonyl (C=O) groups excluding carboxylic acids is 1. The molecular formula is C19H15F4N3O2. The number of rotatable bonds is 5. The lowest BCUT2D eigenvalue weighted by atomic mass is 10.2. The third-order valence-electron chi connectivity index (χ3n) is 3.95. The molecule has 1 aromatic heterocycles. The van der Waals surface area contributed by atoms with Crippen molar-refractivity contribution >= 4 is 5.91 Å². The molecule has 1 N–H and O–H groups in total. The second-order valence-corrected chi connectivity index (χ2v) is 5.81. The van der Waals surface area contributed by atoms with Gasteiger partial charge in [-0.05, 0) is 24.3 Å². The van der Waals surface area contributed by atoms with Gasteiger partial charge in [-0.15, -0.1) is 0 Å². The SMILES string of the molecule is COc1cn(-c2cccc(C(F)(F)F)c2)nc1C(=O)NCc1ccccc1F. The monoisotopic (exact) mass is 393 g/mol. The first-order valence-electron chi connectivity index (χ1n) is 8.12.